The second kappa shape index (κ2) is 5.20. The Morgan fingerprint density at radius 2 is 1.83 bits per heavy atom. The maximum atomic E-state index is 12.7. The summed E-state index contributed by atoms with van der Waals surface area (Å²) >= 11 is 0. The van der Waals surface area contributed by atoms with Crippen molar-refractivity contribution in [2.45, 2.75) is 18.9 Å². The Morgan fingerprint density at radius 3 is 2.48 bits per heavy atom. The molecule has 6 nitrogen and oxygen atoms in total. The highest BCUT2D eigenvalue weighted by Gasteiger charge is 2.37. The zero-order valence-corrected chi connectivity index (χ0v) is 13.3. The number of nitrogens with zero attached hydrogens (tertiary/aromatic N) is 1. The molecule has 0 aliphatic carbocycles. The fourth-order valence-electron chi connectivity index (χ4n) is 2.52. The number of pyridine rings is 1. The van der Waals surface area contributed by atoms with Crippen LogP contribution in [-0.4, -0.2) is 24.3 Å². The maximum absolute atomic E-state index is 12.7. The van der Waals surface area contributed by atoms with Crippen LogP contribution >= 0.6 is 0 Å². The van der Waals surface area contributed by atoms with Crippen LogP contribution in [0.3, 0.4) is 0 Å². The van der Waals surface area contributed by atoms with Crippen LogP contribution in [0.2, 0.25) is 0 Å². The summed E-state index contributed by atoms with van der Waals surface area (Å²) in [6.07, 6.45) is 0. The first-order valence-electron chi connectivity index (χ1n) is 6.85. The van der Waals surface area contributed by atoms with Crippen molar-refractivity contribution >= 4 is 21.6 Å². The Kier molecular flexibility index (Phi) is 3.45. The third-order valence-electron chi connectivity index (χ3n) is 3.54. The Balaban J connectivity index is 2.28. The van der Waals surface area contributed by atoms with Crippen molar-refractivity contribution in [3.63, 3.8) is 0 Å². The molecule has 0 amide bonds. The number of aryl methyl sites for hydroxylation is 2. The highest BCUT2D eigenvalue weighted by molar-refractivity contribution is 7.89. The normalized spacial score (nSPS) is 18.1. The maximum Gasteiger partial charge on any atom is 0.280 e. The number of nitrogens with one attached hydrogen (secondary N) is 1. The molecule has 0 unspecified atom stereocenters. The summed E-state index contributed by atoms with van der Waals surface area (Å²) in [5, 5.41) is 10.0. The molecular formula is C16H14N2O4S. The molecule has 2 N–H and O–H groups in total. The summed E-state index contributed by atoms with van der Waals surface area (Å²) in [6.45, 7) is 3.30. The second-order valence-electron chi connectivity index (χ2n) is 5.28. The van der Waals surface area contributed by atoms with Crippen molar-refractivity contribution in [1.82, 2.24) is 9.71 Å². The highest BCUT2D eigenvalue weighted by atomic mass is 32.2. The van der Waals surface area contributed by atoms with Crippen LogP contribution in [0.1, 0.15) is 27.2 Å². The van der Waals surface area contributed by atoms with Crippen LogP contribution in [0.25, 0.3) is 5.76 Å². The zero-order valence-electron chi connectivity index (χ0n) is 12.5. The summed E-state index contributed by atoms with van der Waals surface area (Å²) in [7, 11) is -4.02. The average Bonchev–Trinajstić information content (AvgIpc) is 2.50. The van der Waals surface area contributed by atoms with Crippen LogP contribution < -0.4 is 4.72 Å². The first-order valence-corrected chi connectivity index (χ1v) is 8.34. The number of benzene rings is 1. The van der Waals surface area contributed by atoms with Crippen LogP contribution in [0, 0.1) is 13.8 Å². The topological polar surface area (TPSA) is 96.4 Å². The van der Waals surface area contributed by atoms with Gasteiger partial charge >= 0.3 is 0 Å². The third-order valence-corrected chi connectivity index (χ3v) is 4.82. The molecule has 3 rings (SSSR count). The quantitative estimate of drug-likeness (QED) is 0.616. The van der Waals surface area contributed by atoms with E-state index in [4.69, 9.17) is 0 Å². The van der Waals surface area contributed by atoms with E-state index in [-0.39, 0.29) is 16.3 Å². The molecule has 1 aliphatic rings. The van der Waals surface area contributed by atoms with Gasteiger partial charge in [0.2, 0.25) is 5.78 Å². The number of aliphatic hydroxyl groups excluding tert-OH is 1. The number of carbonyl (C=O) groups excluding carboxylic acids is 1. The summed E-state index contributed by atoms with van der Waals surface area (Å²) < 4.78 is 26.9. The minimum atomic E-state index is -4.02. The lowest BCUT2D eigenvalue weighted by molar-refractivity contribution is 0.102. The fourth-order valence-corrected chi connectivity index (χ4v) is 3.86. The van der Waals surface area contributed by atoms with Gasteiger partial charge in [-0.05, 0) is 25.5 Å². The Hall–Kier alpha value is -2.67. The first kappa shape index (κ1) is 15.2. The molecule has 0 spiro atoms. The van der Waals surface area contributed by atoms with Gasteiger partial charge in [0.05, 0.1) is 5.56 Å². The molecule has 0 atom stereocenters. The minimum Gasteiger partial charge on any atom is -0.505 e. The molecule has 1 aromatic heterocycles. The number of carbonyl (C=O) groups is 1. The van der Waals surface area contributed by atoms with Gasteiger partial charge in [-0.2, -0.15) is 8.42 Å². The van der Waals surface area contributed by atoms with Gasteiger partial charge < -0.3 is 5.11 Å². The van der Waals surface area contributed by atoms with Gasteiger partial charge in [-0.3, -0.25) is 9.52 Å². The fraction of sp³-hybridized carbons (Fsp3) is 0.125. The monoisotopic (exact) mass is 330 g/mol. The number of aliphatic hydroxyl groups is 1. The molecule has 2 aromatic rings. The Labute approximate surface area is 133 Å². The number of hydrogen-bond donors (Lipinski definition) is 2. The number of ketones is 1. The molecule has 0 fully saturated rings. The number of rotatable bonds is 1. The van der Waals surface area contributed by atoms with E-state index in [1.165, 1.54) is 0 Å². The predicted octanol–water partition coefficient (Wildman–Crippen LogP) is 2.10. The van der Waals surface area contributed by atoms with Gasteiger partial charge in [0.15, 0.2) is 10.8 Å². The van der Waals surface area contributed by atoms with Crippen molar-refractivity contribution in [1.29, 1.82) is 0 Å². The summed E-state index contributed by atoms with van der Waals surface area (Å²) in [4.78, 5) is 16.6. The number of fused-ring (bicyclic) bond motifs is 1. The molecule has 0 saturated carbocycles. The number of hydrogen-bond acceptors (Lipinski definition) is 5. The Bertz CT molecular complexity index is 948. The first-order chi connectivity index (χ1) is 10.8. The largest absolute Gasteiger partial charge is 0.505 e. The molecule has 0 bridgehead atoms. The molecule has 0 saturated heterocycles. The molecule has 1 aliphatic heterocycles. The van der Waals surface area contributed by atoms with Gasteiger partial charge in [0, 0.05) is 11.3 Å². The van der Waals surface area contributed by atoms with Crippen LogP contribution in [-0.2, 0) is 10.0 Å². The van der Waals surface area contributed by atoms with E-state index < -0.39 is 21.6 Å². The van der Waals surface area contributed by atoms with Gasteiger partial charge in [0.25, 0.3) is 10.0 Å². The Morgan fingerprint density at radius 1 is 1.17 bits per heavy atom. The lowest BCUT2D eigenvalue weighted by Gasteiger charge is -2.21. The molecule has 0 radical (unpaired) electrons. The van der Waals surface area contributed by atoms with Crippen LogP contribution in [0.5, 0.6) is 0 Å². The van der Waals surface area contributed by atoms with Crippen molar-refractivity contribution in [3.8, 4) is 0 Å². The lowest BCUT2D eigenvalue weighted by atomic mass is 10.0. The van der Waals surface area contributed by atoms with Crippen molar-refractivity contribution < 1.29 is 18.3 Å². The SMILES string of the molecule is Cc1cc(C)c2c(n1)S(=O)(=O)N/C(=C(\O)c1ccccc1)C2=O. The number of sulfonamides is 1. The molecule has 118 valence electrons. The highest BCUT2D eigenvalue weighted by Crippen LogP contribution is 2.29. The van der Waals surface area contributed by atoms with Crippen molar-refractivity contribution in [3.05, 3.63) is 64.5 Å². The number of Topliss-reactive ketones (excluding diaryl/α,β-unsaturated/α-hetero) is 1. The summed E-state index contributed by atoms with van der Waals surface area (Å²) in [5.41, 5.74) is 0.976. The van der Waals surface area contributed by atoms with E-state index in [0.29, 0.717) is 16.8 Å². The minimum absolute atomic E-state index is 0.00756. The summed E-state index contributed by atoms with van der Waals surface area (Å²) in [6, 6.07) is 9.91. The van der Waals surface area contributed by atoms with E-state index in [1.54, 1.807) is 50.2 Å². The van der Waals surface area contributed by atoms with Crippen molar-refractivity contribution in [2.75, 3.05) is 0 Å². The third kappa shape index (κ3) is 2.49. The van der Waals surface area contributed by atoms with Crippen molar-refractivity contribution in [2.24, 2.45) is 0 Å². The van der Waals surface area contributed by atoms with Gasteiger partial charge in [-0.1, -0.05) is 30.3 Å². The molecule has 23 heavy (non-hydrogen) atoms. The molecule has 2 heterocycles. The lowest BCUT2D eigenvalue weighted by Crippen LogP contribution is -2.37. The molecule has 1 aromatic carbocycles. The van der Waals surface area contributed by atoms with E-state index in [2.05, 4.69) is 9.71 Å². The number of allylic oxidation sites excluding steroid dienone is 1. The van der Waals surface area contributed by atoms with E-state index >= 15 is 0 Å². The van der Waals surface area contributed by atoms with Gasteiger partial charge in [-0.25, -0.2) is 4.98 Å². The molecular weight excluding hydrogens is 316 g/mol. The van der Waals surface area contributed by atoms with E-state index in [0.717, 1.165) is 0 Å². The second-order valence-corrected chi connectivity index (χ2v) is 6.88. The van der Waals surface area contributed by atoms with E-state index in [9.17, 15) is 18.3 Å². The van der Waals surface area contributed by atoms with Crippen LogP contribution in [0.15, 0.2) is 47.1 Å². The predicted molar refractivity (Wildman–Crippen MR) is 84.4 cm³/mol. The van der Waals surface area contributed by atoms with Crippen LogP contribution in [0.4, 0.5) is 0 Å². The summed E-state index contributed by atoms with van der Waals surface area (Å²) in [5.74, 6) is -1.01. The van der Waals surface area contributed by atoms with Gasteiger partial charge in [-0.15, -0.1) is 0 Å². The smallest absolute Gasteiger partial charge is 0.280 e. The average molecular weight is 330 g/mol. The standard InChI is InChI=1S/C16H14N2O4S/c1-9-8-10(2)17-16-12(9)15(20)13(18-23(16,21)22)14(19)11-6-4-3-5-7-11/h3-8,18-19H,1-2H3/b14-13-. The number of aromatic nitrogens is 1. The van der Waals surface area contributed by atoms with Gasteiger partial charge in [0.1, 0.15) is 5.70 Å². The zero-order chi connectivity index (χ0) is 16.8. The molecule has 7 heteroatoms. The van der Waals surface area contributed by atoms with E-state index in [1.807, 2.05) is 0 Å².